The van der Waals surface area contributed by atoms with Crippen molar-refractivity contribution in [2.24, 2.45) is 0 Å². The van der Waals surface area contributed by atoms with Gasteiger partial charge in [-0.05, 0) is 12.0 Å². The number of anilines is 1. The first-order valence-corrected chi connectivity index (χ1v) is 7.59. The Morgan fingerprint density at radius 1 is 1.32 bits per heavy atom. The van der Waals surface area contributed by atoms with Crippen LogP contribution in [-0.4, -0.2) is 30.0 Å². The van der Waals surface area contributed by atoms with Crippen LogP contribution in [0.1, 0.15) is 16.1 Å². The van der Waals surface area contributed by atoms with E-state index in [0.29, 0.717) is 0 Å². The Morgan fingerprint density at radius 3 is 2.95 bits per heavy atom. The molecule has 2 aromatic rings. The first-order valence-electron chi connectivity index (χ1n) is 6.78. The largest absolute Gasteiger partial charge is 0.365 e. The summed E-state index contributed by atoms with van der Waals surface area (Å²) in [6, 6.07) is 10.7. The van der Waals surface area contributed by atoms with E-state index in [2.05, 4.69) is 45.5 Å². The van der Waals surface area contributed by atoms with Crippen molar-refractivity contribution in [2.45, 2.75) is 19.4 Å². The number of benzene rings is 1. The van der Waals surface area contributed by atoms with E-state index in [0.717, 1.165) is 37.6 Å². The second-order valence-electron chi connectivity index (χ2n) is 4.90. The van der Waals surface area contributed by atoms with Gasteiger partial charge in [-0.25, -0.2) is 4.98 Å². The monoisotopic (exact) mass is 273 g/mol. The Hall–Kier alpha value is -1.39. The zero-order chi connectivity index (χ0) is 13.1. The third kappa shape index (κ3) is 2.96. The van der Waals surface area contributed by atoms with Gasteiger partial charge in [0.05, 0.1) is 5.69 Å². The lowest BCUT2D eigenvalue weighted by molar-refractivity contribution is 0.259. The summed E-state index contributed by atoms with van der Waals surface area (Å²) < 4.78 is 0. The van der Waals surface area contributed by atoms with E-state index in [-0.39, 0.29) is 0 Å². The zero-order valence-corrected chi connectivity index (χ0v) is 12.0. The molecule has 19 heavy (non-hydrogen) atoms. The molecule has 0 spiro atoms. The van der Waals surface area contributed by atoms with Crippen LogP contribution in [0.2, 0.25) is 0 Å². The van der Waals surface area contributed by atoms with Crippen molar-refractivity contribution in [2.75, 3.05) is 25.5 Å². The lowest BCUT2D eigenvalue weighted by Gasteiger charge is -2.25. The van der Waals surface area contributed by atoms with Gasteiger partial charge in [0.1, 0.15) is 0 Å². The second kappa shape index (κ2) is 5.72. The summed E-state index contributed by atoms with van der Waals surface area (Å²) in [4.78, 5) is 8.57. The Bertz CT molecular complexity index is 536. The van der Waals surface area contributed by atoms with E-state index in [1.54, 1.807) is 11.3 Å². The van der Waals surface area contributed by atoms with Crippen LogP contribution in [0.3, 0.4) is 0 Å². The van der Waals surface area contributed by atoms with Crippen LogP contribution in [-0.2, 0) is 19.4 Å². The fraction of sp³-hybridized carbons (Fsp3) is 0.400. The summed E-state index contributed by atoms with van der Waals surface area (Å²) >= 11 is 1.80. The molecule has 1 aliphatic heterocycles. The zero-order valence-electron chi connectivity index (χ0n) is 11.2. The van der Waals surface area contributed by atoms with Gasteiger partial charge in [-0.1, -0.05) is 30.3 Å². The van der Waals surface area contributed by atoms with Crippen molar-refractivity contribution < 1.29 is 0 Å². The molecule has 0 saturated carbocycles. The molecule has 0 bridgehead atoms. The van der Waals surface area contributed by atoms with Crippen molar-refractivity contribution in [3.8, 4) is 0 Å². The molecule has 4 heteroatoms. The predicted molar refractivity (Wildman–Crippen MR) is 80.8 cm³/mol. The van der Waals surface area contributed by atoms with Crippen LogP contribution >= 0.6 is 11.3 Å². The Labute approximate surface area is 118 Å². The number of nitrogens with zero attached hydrogens (tertiary/aromatic N) is 2. The molecule has 0 fully saturated rings. The fourth-order valence-electron chi connectivity index (χ4n) is 2.48. The standard InChI is InChI=1S/C15H19N3S/c1-16-15-17-13-8-10-18(11-14(13)19-15)9-7-12-5-3-2-4-6-12/h2-6H,7-11H2,1H3,(H,16,17). The van der Waals surface area contributed by atoms with Crippen molar-refractivity contribution >= 4 is 16.5 Å². The van der Waals surface area contributed by atoms with E-state index in [1.807, 2.05) is 7.05 Å². The summed E-state index contributed by atoms with van der Waals surface area (Å²) in [5, 5.41) is 4.20. The molecule has 0 atom stereocenters. The first kappa shape index (κ1) is 12.6. The highest BCUT2D eigenvalue weighted by Crippen LogP contribution is 2.27. The van der Waals surface area contributed by atoms with Crippen LogP contribution < -0.4 is 5.32 Å². The number of fused-ring (bicyclic) bond motifs is 1. The molecular formula is C15H19N3S. The number of rotatable bonds is 4. The molecule has 2 heterocycles. The summed E-state index contributed by atoms with van der Waals surface area (Å²) in [5.74, 6) is 0. The third-order valence-corrected chi connectivity index (χ3v) is 4.68. The molecule has 0 saturated heterocycles. The Balaban J connectivity index is 1.59. The van der Waals surface area contributed by atoms with Crippen LogP contribution in [0.5, 0.6) is 0 Å². The van der Waals surface area contributed by atoms with Gasteiger partial charge in [-0.3, -0.25) is 4.90 Å². The molecule has 1 aromatic heterocycles. The summed E-state index contributed by atoms with van der Waals surface area (Å²) in [7, 11) is 1.94. The van der Waals surface area contributed by atoms with Gasteiger partial charge in [0.15, 0.2) is 5.13 Å². The maximum Gasteiger partial charge on any atom is 0.182 e. The van der Waals surface area contributed by atoms with Crippen molar-refractivity contribution in [3.63, 3.8) is 0 Å². The van der Waals surface area contributed by atoms with Crippen molar-refractivity contribution in [3.05, 3.63) is 46.5 Å². The maximum absolute atomic E-state index is 4.60. The number of nitrogens with one attached hydrogen (secondary N) is 1. The average Bonchev–Trinajstić information content (AvgIpc) is 2.88. The predicted octanol–water partition coefficient (Wildman–Crippen LogP) is 2.79. The van der Waals surface area contributed by atoms with Gasteiger partial charge < -0.3 is 5.32 Å². The lowest BCUT2D eigenvalue weighted by atomic mass is 10.1. The average molecular weight is 273 g/mol. The van der Waals surface area contributed by atoms with Crippen LogP contribution in [0.25, 0.3) is 0 Å². The van der Waals surface area contributed by atoms with Crippen molar-refractivity contribution in [1.29, 1.82) is 0 Å². The third-order valence-electron chi connectivity index (χ3n) is 3.58. The van der Waals surface area contributed by atoms with E-state index >= 15 is 0 Å². The highest BCUT2D eigenvalue weighted by atomic mass is 32.1. The molecule has 0 radical (unpaired) electrons. The second-order valence-corrected chi connectivity index (χ2v) is 5.98. The number of aromatic nitrogens is 1. The quantitative estimate of drug-likeness (QED) is 0.928. The first-order chi connectivity index (χ1) is 9.35. The van der Waals surface area contributed by atoms with Crippen LogP contribution in [0.15, 0.2) is 30.3 Å². The molecule has 0 aliphatic carbocycles. The fourth-order valence-corrected chi connectivity index (χ4v) is 3.48. The topological polar surface area (TPSA) is 28.2 Å². The molecule has 3 rings (SSSR count). The summed E-state index contributed by atoms with van der Waals surface area (Å²) in [5.41, 5.74) is 2.72. The van der Waals surface area contributed by atoms with E-state index in [1.165, 1.54) is 16.1 Å². The van der Waals surface area contributed by atoms with E-state index in [9.17, 15) is 0 Å². The molecule has 0 amide bonds. The van der Waals surface area contributed by atoms with Gasteiger partial charge >= 0.3 is 0 Å². The van der Waals surface area contributed by atoms with E-state index in [4.69, 9.17) is 0 Å². The van der Waals surface area contributed by atoms with Gasteiger partial charge in [-0.15, -0.1) is 11.3 Å². The SMILES string of the molecule is CNc1nc2c(s1)CN(CCc1ccccc1)CC2. The Morgan fingerprint density at radius 2 is 2.16 bits per heavy atom. The minimum atomic E-state index is 1.05. The van der Waals surface area contributed by atoms with E-state index < -0.39 is 0 Å². The maximum atomic E-state index is 4.60. The van der Waals surface area contributed by atoms with Gasteiger partial charge in [0.2, 0.25) is 0 Å². The van der Waals surface area contributed by atoms with Gasteiger partial charge in [0.25, 0.3) is 0 Å². The van der Waals surface area contributed by atoms with Gasteiger partial charge in [-0.2, -0.15) is 0 Å². The lowest BCUT2D eigenvalue weighted by Crippen LogP contribution is -2.31. The molecule has 1 N–H and O–H groups in total. The molecular weight excluding hydrogens is 254 g/mol. The minimum absolute atomic E-state index is 1.05. The van der Waals surface area contributed by atoms with Crippen LogP contribution in [0.4, 0.5) is 5.13 Å². The summed E-state index contributed by atoms with van der Waals surface area (Å²) in [6.07, 6.45) is 2.22. The normalized spacial score (nSPS) is 15.2. The highest BCUT2D eigenvalue weighted by Gasteiger charge is 2.19. The van der Waals surface area contributed by atoms with Crippen molar-refractivity contribution in [1.82, 2.24) is 9.88 Å². The molecule has 3 nitrogen and oxygen atoms in total. The Kier molecular flexibility index (Phi) is 3.80. The molecule has 1 aliphatic rings. The number of hydrogen-bond donors (Lipinski definition) is 1. The summed E-state index contributed by atoms with van der Waals surface area (Å²) in [6.45, 7) is 3.32. The molecule has 1 aromatic carbocycles. The smallest absolute Gasteiger partial charge is 0.182 e. The molecule has 0 unspecified atom stereocenters. The minimum Gasteiger partial charge on any atom is -0.365 e. The van der Waals surface area contributed by atoms with Gasteiger partial charge in [0, 0.05) is 38.0 Å². The highest BCUT2D eigenvalue weighted by molar-refractivity contribution is 7.15. The number of hydrogen-bond acceptors (Lipinski definition) is 4. The number of thiazole rings is 1. The van der Waals surface area contributed by atoms with Crippen LogP contribution in [0, 0.1) is 0 Å². The molecule has 100 valence electrons.